The van der Waals surface area contributed by atoms with Gasteiger partial charge >= 0.3 is 12.0 Å². The number of aliphatic carboxylic acids is 1. The number of aliphatic hydroxyl groups is 1. The number of likely N-dealkylation sites (tertiary alicyclic amines) is 1. The Labute approximate surface area is 118 Å². The summed E-state index contributed by atoms with van der Waals surface area (Å²) in [5.74, 6) is -0.664. The Balaban J connectivity index is 1.93. The van der Waals surface area contributed by atoms with Crippen LogP contribution in [-0.4, -0.2) is 77.5 Å². The van der Waals surface area contributed by atoms with E-state index in [0.717, 1.165) is 12.8 Å². The standard InChI is InChI=1S/C13H22N2O5/c1-14(7-9-2-4-20-5-3-9)13(19)15-8-10(16)6-11(15)12(17)18/h9-11,16H,2-8H2,1H3,(H,17,18). The van der Waals surface area contributed by atoms with E-state index in [0.29, 0.717) is 25.7 Å². The number of urea groups is 1. The number of hydrogen-bond acceptors (Lipinski definition) is 4. The third-order valence-corrected chi connectivity index (χ3v) is 4.01. The summed E-state index contributed by atoms with van der Waals surface area (Å²) < 4.78 is 5.28. The molecule has 114 valence electrons. The molecule has 7 heteroatoms. The quantitative estimate of drug-likeness (QED) is 0.761. The molecule has 7 nitrogen and oxygen atoms in total. The number of ether oxygens (including phenoxy) is 1. The van der Waals surface area contributed by atoms with Gasteiger partial charge in [-0.1, -0.05) is 0 Å². The van der Waals surface area contributed by atoms with Crippen molar-refractivity contribution >= 4 is 12.0 Å². The maximum Gasteiger partial charge on any atom is 0.326 e. The highest BCUT2D eigenvalue weighted by molar-refractivity contribution is 5.83. The molecule has 2 heterocycles. The van der Waals surface area contributed by atoms with Gasteiger partial charge in [-0.2, -0.15) is 0 Å². The van der Waals surface area contributed by atoms with Gasteiger partial charge in [-0.25, -0.2) is 9.59 Å². The highest BCUT2D eigenvalue weighted by Crippen LogP contribution is 2.21. The zero-order chi connectivity index (χ0) is 14.7. The van der Waals surface area contributed by atoms with Gasteiger partial charge < -0.3 is 24.7 Å². The van der Waals surface area contributed by atoms with Crippen LogP contribution in [0.3, 0.4) is 0 Å². The predicted molar refractivity (Wildman–Crippen MR) is 70.3 cm³/mol. The summed E-state index contributed by atoms with van der Waals surface area (Å²) in [6.45, 7) is 2.12. The van der Waals surface area contributed by atoms with Gasteiger partial charge in [0.2, 0.25) is 0 Å². The average molecular weight is 286 g/mol. The minimum Gasteiger partial charge on any atom is -0.480 e. The average Bonchev–Trinajstić information content (AvgIpc) is 2.81. The highest BCUT2D eigenvalue weighted by atomic mass is 16.5. The van der Waals surface area contributed by atoms with Crippen LogP contribution in [-0.2, 0) is 9.53 Å². The van der Waals surface area contributed by atoms with Gasteiger partial charge in [0.05, 0.1) is 6.10 Å². The van der Waals surface area contributed by atoms with E-state index < -0.39 is 18.1 Å². The Hall–Kier alpha value is -1.34. The Morgan fingerprint density at radius 1 is 1.35 bits per heavy atom. The molecule has 2 amide bonds. The minimum absolute atomic E-state index is 0.0912. The van der Waals surface area contributed by atoms with Crippen molar-refractivity contribution in [3.05, 3.63) is 0 Å². The number of aliphatic hydroxyl groups excluding tert-OH is 1. The van der Waals surface area contributed by atoms with Crippen molar-refractivity contribution in [2.24, 2.45) is 5.92 Å². The number of β-amino-alcohol motifs (C(OH)–C–C–N with tert-alkyl or cyclic N) is 1. The summed E-state index contributed by atoms with van der Waals surface area (Å²) >= 11 is 0. The summed E-state index contributed by atoms with van der Waals surface area (Å²) in [5.41, 5.74) is 0. The first-order valence-corrected chi connectivity index (χ1v) is 6.99. The van der Waals surface area contributed by atoms with E-state index in [1.165, 1.54) is 4.90 Å². The van der Waals surface area contributed by atoms with Crippen molar-refractivity contribution in [1.82, 2.24) is 9.80 Å². The number of amides is 2. The van der Waals surface area contributed by atoms with E-state index in [9.17, 15) is 14.7 Å². The van der Waals surface area contributed by atoms with Crippen LogP contribution >= 0.6 is 0 Å². The second kappa shape index (κ2) is 6.41. The van der Waals surface area contributed by atoms with Gasteiger partial charge in [-0.15, -0.1) is 0 Å². The summed E-state index contributed by atoms with van der Waals surface area (Å²) in [7, 11) is 1.68. The van der Waals surface area contributed by atoms with Crippen LogP contribution < -0.4 is 0 Å². The van der Waals surface area contributed by atoms with Crippen LogP contribution in [0.5, 0.6) is 0 Å². The monoisotopic (exact) mass is 286 g/mol. The lowest BCUT2D eigenvalue weighted by molar-refractivity contribution is -0.141. The molecule has 2 N–H and O–H groups in total. The molecule has 2 fully saturated rings. The summed E-state index contributed by atoms with van der Waals surface area (Å²) in [5, 5.41) is 18.7. The fraction of sp³-hybridized carbons (Fsp3) is 0.846. The number of carboxylic acids is 1. The van der Waals surface area contributed by atoms with Gasteiger partial charge in [0.15, 0.2) is 0 Å². The summed E-state index contributed by atoms with van der Waals surface area (Å²) in [6, 6.07) is -1.24. The second-order valence-corrected chi connectivity index (χ2v) is 5.61. The molecule has 0 aliphatic carbocycles. The first kappa shape index (κ1) is 15.1. The third-order valence-electron chi connectivity index (χ3n) is 4.01. The number of carbonyl (C=O) groups is 2. The molecule has 2 unspecified atom stereocenters. The molecule has 2 saturated heterocycles. The van der Waals surface area contributed by atoms with Crippen LogP contribution in [0.4, 0.5) is 4.79 Å². The molecule has 2 atom stereocenters. The largest absolute Gasteiger partial charge is 0.480 e. The molecule has 0 aromatic carbocycles. The first-order valence-electron chi connectivity index (χ1n) is 6.99. The molecule has 0 radical (unpaired) electrons. The predicted octanol–water partition coefficient (Wildman–Crippen LogP) is -0.0154. The molecule has 0 bridgehead atoms. The molecule has 2 aliphatic rings. The van der Waals surface area contributed by atoms with Crippen LogP contribution in [0.15, 0.2) is 0 Å². The number of carbonyl (C=O) groups excluding carboxylic acids is 1. The Bertz CT molecular complexity index is 370. The molecule has 0 saturated carbocycles. The Morgan fingerprint density at radius 2 is 2.00 bits per heavy atom. The lowest BCUT2D eigenvalue weighted by Crippen LogP contribution is -2.48. The smallest absolute Gasteiger partial charge is 0.326 e. The maximum absolute atomic E-state index is 12.3. The van der Waals surface area contributed by atoms with Crippen LogP contribution in [0, 0.1) is 5.92 Å². The van der Waals surface area contributed by atoms with Crippen LogP contribution in [0.1, 0.15) is 19.3 Å². The first-order chi connectivity index (χ1) is 9.49. The molecule has 20 heavy (non-hydrogen) atoms. The molecule has 2 aliphatic heterocycles. The fourth-order valence-corrected chi connectivity index (χ4v) is 2.87. The number of hydrogen-bond donors (Lipinski definition) is 2. The number of carboxylic acid groups (broad SMARTS) is 1. The molecule has 0 aromatic rings. The van der Waals surface area contributed by atoms with E-state index in [2.05, 4.69) is 0 Å². The number of rotatable bonds is 3. The summed E-state index contributed by atoms with van der Waals surface area (Å²) in [4.78, 5) is 26.3. The van der Waals surface area contributed by atoms with Gasteiger partial charge in [-0.3, -0.25) is 0 Å². The molecule has 0 spiro atoms. The van der Waals surface area contributed by atoms with Crippen molar-refractivity contribution in [2.45, 2.75) is 31.4 Å². The van der Waals surface area contributed by atoms with E-state index in [-0.39, 0.29) is 19.0 Å². The molecular formula is C13H22N2O5. The minimum atomic E-state index is -1.06. The van der Waals surface area contributed by atoms with E-state index in [1.807, 2.05) is 0 Å². The topological polar surface area (TPSA) is 90.3 Å². The van der Waals surface area contributed by atoms with Crippen molar-refractivity contribution in [3.63, 3.8) is 0 Å². The summed E-state index contributed by atoms with van der Waals surface area (Å²) in [6.07, 6.45) is 1.19. The lowest BCUT2D eigenvalue weighted by atomic mass is 10.00. The van der Waals surface area contributed by atoms with Gasteiger partial charge in [0, 0.05) is 39.8 Å². The lowest BCUT2D eigenvalue weighted by Gasteiger charge is -2.31. The third kappa shape index (κ3) is 3.40. The van der Waals surface area contributed by atoms with Crippen molar-refractivity contribution < 1.29 is 24.5 Å². The Kier molecular flexibility index (Phi) is 4.82. The van der Waals surface area contributed by atoms with E-state index in [1.54, 1.807) is 11.9 Å². The molecule has 2 rings (SSSR count). The van der Waals surface area contributed by atoms with Crippen molar-refractivity contribution in [3.8, 4) is 0 Å². The highest BCUT2D eigenvalue weighted by Gasteiger charge is 2.40. The Morgan fingerprint density at radius 3 is 2.60 bits per heavy atom. The molecular weight excluding hydrogens is 264 g/mol. The van der Waals surface area contributed by atoms with Crippen molar-refractivity contribution in [1.29, 1.82) is 0 Å². The van der Waals surface area contributed by atoms with Crippen LogP contribution in [0.25, 0.3) is 0 Å². The second-order valence-electron chi connectivity index (χ2n) is 5.61. The SMILES string of the molecule is CN(CC1CCOCC1)C(=O)N1CC(O)CC1C(=O)O. The fourth-order valence-electron chi connectivity index (χ4n) is 2.87. The maximum atomic E-state index is 12.3. The van der Waals surface area contributed by atoms with Gasteiger partial charge in [0.1, 0.15) is 6.04 Å². The van der Waals surface area contributed by atoms with Crippen LogP contribution in [0.2, 0.25) is 0 Å². The zero-order valence-corrected chi connectivity index (χ0v) is 11.7. The normalized spacial score (nSPS) is 27.6. The molecule has 0 aromatic heterocycles. The van der Waals surface area contributed by atoms with E-state index in [4.69, 9.17) is 9.84 Å². The zero-order valence-electron chi connectivity index (χ0n) is 11.7. The van der Waals surface area contributed by atoms with Gasteiger partial charge in [0.25, 0.3) is 0 Å². The number of nitrogens with zero attached hydrogens (tertiary/aromatic N) is 2. The van der Waals surface area contributed by atoms with Crippen molar-refractivity contribution in [2.75, 3.05) is 33.4 Å². The van der Waals surface area contributed by atoms with Gasteiger partial charge in [-0.05, 0) is 18.8 Å². The van der Waals surface area contributed by atoms with E-state index >= 15 is 0 Å².